The second-order valence-electron chi connectivity index (χ2n) is 3.48. The van der Waals surface area contributed by atoms with Gasteiger partial charge in [0.25, 0.3) is 5.91 Å². The summed E-state index contributed by atoms with van der Waals surface area (Å²) >= 11 is 0. The van der Waals surface area contributed by atoms with E-state index in [0.29, 0.717) is 5.69 Å². The lowest BCUT2D eigenvalue weighted by atomic mass is 10.3. The minimum absolute atomic E-state index is 0.129. The van der Waals surface area contributed by atoms with Gasteiger partial charge in [-0.25, -0.2) is 8.42 Å². The molecule has 0 radical (unpaired) electrons. The van der Waals surface area contributed by atoms with Gasteiger partial charge in [0.1, 0.15) is 0 Å². The van der Waals surface area contributed by atoms with Crippen molar-refractivity contribution in [2.45, 2.75) is 10.3 Å². The molecule has 0 aromatic heterocycles. The van der Waals surface area contributed by atoms with Gasteiger partial charge in [-0.05, 0) is 12.1 Å². The number of methoxy groups -OCH3 is 1. The molecular formula is C10H11NO4S. The van der Waals surface area contributed by atoms with Gasteiger partial charge in [0.15, 0.2) is 0 Å². The Hall–Kier alpha value is -1.40. The van der Waals surface area contributed by atoms with Crippen molar-refractivity contribution in [3.63, 3.8) is 0 Å². The molecule has 0 aliphatic carbocycles. The molecule has 1 aliphatic rings. The minimum Gasteiger partial charge on any atom is -0.357 e. The zero-order valence-electron chi connectivity index (χ0n) is 8.88. The number of benzene rings is 1. The van der Waals surface area contributed by atoms with Crippen LogP contribution >= 0.6 is 0 Å². The molecule has 16 heavy (non-hydrogen) atoms. The predicted octanol–water partition coefficient (Wildman–Crippen LogP) is 0.409. The molecule has 1 aliphatic heterocycles. The van der Waals surface area contributed by atoms with Gasteiger partial charge in [-0.2, -0.15) is 0 Å². The van der Waals surface area contributed by atoms with Gasteiger partial charge >= 0.3 is 0 Å². The fourth-order valence-electron chi connectivity index (χ4n) is 1.73. The van der Waals surface area contributed by atoms with Crippen LogP contribution in [0.4, 0.5) is 5.69 Å². The highest BCUT2D eigenvalue weighted by molar-refractivity contribution is 7.93. The minimum atomic E-state index is -3.73. The summed E-state index contributed by atoms with van der Waals surface area (Å²) in [6.07, 6.45) is 0. The molecule has 1 atom stereocenters. The van der Waals surface area contributed by atoms with Crippen molar-refractivity contribution in [3.05, 3.63) is 24.3 Å². The number of para-hydroxylation sites is 1. The molecule has 0 bridgehead atoms. The van der Waals surface area contributed by atoms with Crippen molar-refractivity contribution in [1.29, 1.82) is 0 Å². The van der Waals surface area contributed by atoms with Crippen LogP contribution in [0.2, 0.25) is 0 Å². The molecule has 6 heteroatoms. The maximum atomic E-state index is 12.0. The standard InChI is InChI=1S/C10H11NO4S/c1-11-7-5-3-4-6-8(7)16(13,14)10(15-2)9(11)12/h3-6,10H,1-2H3. The first-order valence-corrected chi connectivity index (χ1v) is 6.18. The quantitative estimate of drug-likeness (QED) is 0.714. The molecule has 1 unspecified atom stereocenters. The second kappa shape index (κ2) is 3.57. The molecule has 0 saturated carbocycles. The van der Waals surface area contributed by atoms with Gasteiger partial charge in [-0.3, -0.25) is 4.79 Å². The van der Waals surface area contributed by atoms with E-state index in [2.05, 4.69) is 0 Å². The Morgan fingerprint density at radius 2 is 1.94 bits per heavy atom. The summed E-state index contributed by atoms with van der Waals surface area (Å²) in [7, 11) is -0.989. The molecule has 0 saturated heterocycles. The number of carbonyl (C=O) groups is 1. The van der Waals surface area contributed by atoms with Crippen LogP contribution < -0.4 is 4.90 Å². The van der Waals surface area contributed by atoms with Crippen LogP contribution in [0.5, 0.6) is 0 Å². The van der Waals surface area contributed by atoms with E-state index in [0.717, 1.165) is 0 Å². The monoisotopic (exact) mass is 241 g/mol. The molecular weight excluding hydrogens is 230 g/mol. The average Bonchev–Trinajstić information content (AvgIpc) is 2.27. The van der Waals surface area contributed by atoms with Crippen LogP contribution in [0.25, 0.3) is 0 Å². The van der Waals surface area contributed by atoms with Crippen LogP contribution in [0, 0.1) is 0 Å². The molecule has 1 heterocycles. The Bertz CT molecular complexity index is 538. The normalized spacial score (nSPS) is 23.0. The summed E-state index contributed by atoms with van der Waals surface area (Å²) in [5.41, 5.74) is -1.05. The number of sulfone groups is 1. The van der Waals surface area contributed by atoms with E-state index in [9.17, 15) is 13.2 Å². The Kier molecular flexibility index (Phi) is 2.47. The van der Waals surface area contributed by atoms with Crippen molar-refractivity contribution in [1.82, 2.24) is 0 Å². The lowest BCUT2D eigenvalue weighted by Crippen LogP contribution is -2.46. The van der Waals surface area contributed by atoms with E-state index < -0.39 is 21.2 Å². The van der Waals surface area contributed by atoms with E-state index >= 15 is 0 Å². The fourth-order valence-corrected chi connectivity index (χ4v) is 3.40. The van der Waals surface area contributed by atoms with E-state index in [-0.39, 0.29) is 4.90 Å². The molecule has 2 rings (SSSR count). The molecule has 5 nitrogen and oxygen atoms in total. The lowest BCUT2D eigenvalue weighted by Gasteiger charge is -2.30. The molecule has 1 amide bonds. The number of rotatable bonds is 1. The lowest BCUT2D eigenvalue weighted by molar-refractivity contribution is -0.124. The zero-order valence-corrected chi connectivity index (χ0v) is 9.69. The van der Waals surface area contributed by atoms with E-state index in [4.69, 9.17) is 4.74 Å². The maximum absolute atomic E-state index is 12.0. The van der Waals surface area contributed by atoms with E-state index in [1.54, 1.807) is 18.2 Å². The molecule has 1 aromatic carbocycles. The maximum Gasteiger partial charge on any atom is 0.272 e. The first kappa shape index (κ1) is 11.1. The summed E-state index contributed by atoms with van der Waals surface area (Å²) in [4.78, 5) is 13.2. The van der Waals surface area contributed by atoms with Crippen molar-refractivity contribution >= 4 is 21.4 Å². The van der Waals surface area contributed by atoms with Crippen LogP contribution in [0.3, 0.4) is 0 Å². The Balaban J connectivity index is 2.73. The second-order valence-corrected chi connectivity index (χ2v) is 5.44. The van der Waals surface area contributed by atoms with Gasteiger partial charge in [0.05, 0.1) is 10.6 Å². The topological polar surface area (TPSA) is 63.7 Å². The average molecular weight is 241 g/mol. The van der Waals surface area contributed by atoms with Gasteiger partial charge in [-0.15, -0.1) is 0 Å². The number of ether oxygens (including phenoxy) is 1. The van der Waals surface area contributed by atoms with Crippen molar-refractivity contribution in [3.8, 4) is 0 Å². The summed E-state index contributed by atoms with van der Waals surface area (Å²) in [6.45, 7) is 0. The van der Waals surface area contributed by atoms with Gasteiger partial charge in [0.2, 0.25) is 15.3 Å². The predicted molar refractivity (Wildman–Crippen MR) is 57.8 cm³/mol. The number of amides is 1. The van der Waals surface area contributed by atoms with Gasteiger partial charge in [-0.1, -0.05) is 12.1 Å². The zero-order chi connectivity index (χ0) is 11.9. The number of fused-ring (bicyclic) bond motifs is 1. The number of hydrogen-bond acceptors (Lipinski definition) is 4. The molecule has 0 N–H and O–H groups in total. The number of anilines is 1. The summed E-state index contributed by atoms with van der Waals surface area (Å²) in [5.74, 6) is -0.568. The van der Waals surface area contributed by atoms with Gasteiger partial charge < -0.3 is 9.64 Å². The molecule has 86 valence electrons. The number of nitrogens with zero attached hydrogens (tertiary/aromatic N) is 1. The smallest absolute Gasteiger partial charge is 0.272 e. The first-order valence-electron chi connectivity index (χ1n) is 4.63. The Morgan fingerprint density at radius 3 is 2.56 bits per heavy atom. The highest BCUT2D eigenvalue weighted by Crippen LogP contribution is 2.33. The number of carbonyl (C=O) groups excluding carboxylic acids is 1. The Morgan fingerprint density at radius 1 is 1.31 bits per heavy atom. The SMILES string of the molecule is COC1C(=O)N(C)c2ccccc2S1(=O)=O. The first-order chi connectivity index (χ1) is 7.50. The third-order valence-electron chi connectivity index (χ3n) is 2.56. The summed E-state index contributed by atoms with van der Waals surface area (Å²) in [6, 6.07) is 6.37. The van der Waals surface area contributed by atoms with Crippen LogP contribution in [0.15, 0.2) is 29.2 Å². The molecule has 1 aromatic rings. The van der Waals surface area contributed by atoms with E-state index in [1.165, 1.54) is 25.1 Å². The Labute approximate surface area is 93.5 Å². The summed E-state index contributed by atoms with van der Waals surface area (Å²) < 4.78 is 28.8. The van der Waals surface area contributed by atoms with Crippen LogP contribution in [-0.2, 0) is 19.4 Å². The van der Waals surface area contributed by atoms with Gasteiger partial charge in [0, 0.05) is 14.2 Å². The highest BCUT2D eigenvalue weighted by Gasteiger charge is 2.43. The summed E-state index contributed by atoms with van der Waals surface area (Å²) in [5, 5.41) is 0. The highest BCUT2D eigenvalue weighted by atomic mass is 32.2. The van der Waals surface area contributed by atoms with Crippen molar-refractivity contribution < 1.29 is 17.9 Å². The molecule has 0 spiro atoms. The number of likely N-dealkylation sites (N-methyl/N-ethyl adjacent to an activating group) is 1. The van der Waals surface area contributed by atoms with Crippen molar-refractivity contribution in [2.75, 3.05) is 19.1 Å². The molecule has 0 fully saturated rings. The van der Waals surface area contributed by atoms with Crippen LogP contribution in [-0.4, -0.2) is 33.9 Å². The number of hydrogen-bond donors (Lipinski definition) is 0. The van der Waals surface area contributed by atoms with Crippen LogP contribution in [0.1, 0.15) is 0 Å². The largest absolute Gasteiger partial charge is 0.357 e. The van der Waals surface area contributed by atoms with E-state index in [1.807, 2.05) is 0 Å². The third kappa shape index (κ3) is 1.34. The van der Waals surface area contributed by atoms with Crippen molar-refractivity contribution in [2.24, 2.45) is 0 Å². The fraction of sp³-hybridized carbons (Fsp3) is 0.300. The third-order valence-corrected chi connectivity index (χ3v) is 4.48.